The molecule has 1 amide bonds. The zero-order valence-electron chi connectivity index (χ0n) is 12.7. The van der Waals surface area contributed by atoms with Crippen molar-refractivity contribution in [2.75, 3.05) is 20.2 Å². The number of ether oxygens (including phenoxy) is 2. The first-order valence-electron chi connectivity index (χ1n) is 7.33. The lowest BCUT2D eigenvalue weighted by Crippen LogP contribution is -2.56. The highest BCUT2D eigenvalue weighted by atomic mass is 35.5. The largest absolute Gasteiger partial charge is 0.497 e. The highest BCUT2D eigenvalue weighted by molar-refractivity contribution is 6.31. The number of carbonyl (C=O) groups is 1. The number of carbonyl (C=O) groups excluding carboxylic acids is 1. The van der Waals surface area contributed by atoms with Gasteiger partial charge in [-0.05, 0) is 29.8 Å². The molecule has 0 saturated carbocycles. The molecule has 1 aromatic carbocycles. The van der Waals surface area contributed by atoms with Crippen molar-refractivity contribution in [3.05, 3.63) is 53.2 Å². The summed E-state index contributed by atoms with van der Waals surface area (Å²) in [7, 11) is 1.61. The van der Waals surface area contributed by atoms with Crippen LogP contribution in [0.1, 0.15) is 5.56 Å². The molecule has 5 nitrogen and oxygen atoms in total. The number of pyridine rings is 1. The van der Waals surface area contributed by atoms with E-state index >= 15 is 0 Å². The fraction of sp³-hybridized carbons (Fsp3) is 0.294. The first-order valence-corrected chi connectivity index (χ1v) is 7.71. The maximum atomic E-state index is 12.2. The van der Waals surface area contributed by atoms with E-state index < -0.39 is 0 Å². The summed E-state index contributed by atoms with van der Waals surface area (Å²) in [6, 6.07) is 11.0. The molecule has 120 valence electrons. The molecule has 23 heavy (non-hydrogen) atoms. The van der Waals surface area contributed by atoms with Gasteiger partial charge in [-0.2, -0.15) is 0 Å². The number of likely N-dealkylation sites (tertiary alicyclic amines) is 1. The number of hydrogen-bond acceptors (Lipinski definition) is 4. The van der Waals surface area contributed by atoms with Crippen molar-refractivity contribution in [3.8, 4) is 11.6 Å². The van der Waals surface area contributed by atoms with E-state index in [-0.39, 0.29) is 12.0 Å². The molecule has 1 aliphatic rings. The smallest absolute Gasteiger partial charge is 0.232 e. The molecule has 1 saturated heterocycles. The minimum absolute atomic E-state index is 0.0586. The van der Waals surface area contributed by atoms with Crippen LogP contribution in [-0.4, -0.2) is 42.1 Å². The van der Waals surface area contributed by atoms with Crippen LogP contribution in [0.3, 0.4) is 0 Å². The summed E-state index contributed by atoms with van der Waals surface area (Å²) in [5.41, 5.74) is 0.937. The molecule has 3 rings (SSSR count). The van der Waals surface area contributed by atoms with Gasteiger partial charge in [-0.3, -0.25) is 4.79 Å². The fourth-order valence-electron chi connectivity index (χ4n) is 2.40. The Morgan fingerprint density at radius 3 is 2.91 bits per heavy atom. The molecule has 0 bridgehead atoms. The predicted molar refractivity (Wildman–Crippen MR) is 86.9 cm³/mol. The van der Waals surface area contributed by atoms with Gasteiger partial charge in [0.05, 0.1) is 26.6 Å². The molecule has 1 aliphatic heterocycles. The topological polar surface area (TPSA) is 51.7 Å². The van der Waals surface area contributed by atoms with Gasteiger partial charge in [0.25, 0.3) is 0 Å². The Balaban J connectivity index is 1.51. The molecule has 0 radical (unpaired) electrons. The Bertz CT molecular complexity index is 702. The lowest BCUT2D eigenvalue weighted by Gasteiger charge is -2.38. The van der Waals surface area contributed by atoms with Crippen LogP contribution in [0, 0.1) is 0 Å². The van der Waals surface area contributed by atoms with Gasteiger partial charge in [-0.15, -0.1) is 0 Å². The van der Waals surface area contributed by atoms with E-state index in [2.05, 4.69) is 4.98 Å². The van der Waals surface area contributed by atoms with E-state index in [0.717, 1.165) is 11.3 Å². The quantitative estimate of drug-likeness (QED) is 0.844. The lowest BCUT2D eigenvalue weighted by molar-refractivity contribution is -0.139. The molecule has 0 spiro atoms. The molecule has 1 aromatic heterocycles. The number of halogens is 1. The van der Waals surface area contributed by atoms with E-state index in [1.807, 2.05) is 24.3 Å². The van der Waals surface area contributed by atoms with E-state index in [1.54, 1.807) is 30.3 Å². The third-order valence-electron chi connectivity index (χ3n) is 3.69. The summed E-state index contributed by atoms with van der Waals surface area (Å²) in [6.07, 6.45) is 1.93. The first-order chi connectivity index (χ1) is 11.2. The van der Waals surface area contributed by atoms with Crippen molar-refractivity contribution in [2.24, 2.45) is 0 Å². The summed E-state index contributed by atoms with van der Waals surface area (Å²) < 4.78 is 10.9. The summed E-state index contributed by atoms with van der Waals surface area (Å²) in [4.78, 5) is 18.1. The van der Waals surface area contributed by atoms with Crippen LogP contribution in [0.4, 0.5) is 0 Å². The SMILES string of the molecule is COc1cccc(CC(=O)N2CC(Oc3ncccc3Cl)C2)c1. The van der Waals surface area contributed by atoms with Crippen LogP contribution in [0.25, 0.3) is 0 Å². The third kappa shape index (κ3) is 3.74. The molecule has 0 aliphatic carbocycles. The minimum atomic E-state index is -0.0586. The standard InChI is InChI=1S/C17H17ClN2O3/c1-22-13-5-2-4-12(8-13)9-16(21)20-10-14(11-20)23-17-15(18)6-3-7-19-17/h2-8,14H,9-11H2,1H3. The molecule has 1 fully saturated rings. The van der Waals surface area contributed by atoms with E-state index in [0.29, 0.717) is 30.4 Å². The Labute approximate surface area is 139 Å². The average molecular weight is 333 g/mol. The van der Waals surface area contributed by atoms with Crippen LogP contribution in [0.5, 0.6) is 11.6 Å². The summed E-state index contributed by atoms with van der Waals surface area (Å²) in [5.74, 6) is 1.24. The van der Waals surface area contributed by atoms with Crippen molar-refractivity contribution < 1.29 is 14.3 Å². The zero-order valence-corrected chi connectivity index (χ0v) is 13.5. The number of methoxy groups -OCH3 is 1. The second-order valence-corrected chi connectivity index (χ2v) is 5.76. The molecule has 0 atom stereocenters. The monoisotopic (exact) mass is 332 g/mol. The molecule has 0 unspecified atom stereocenters. The van der Waals surface area contributed by atoms with Crippen molar-refractivity contribution in [2.45, 2.75) is 12.5 Å². The summed E-state index contributed by atoms with van der Waals surface area (Å²) in [5, 5.41) is 0.480. The maximum absolute atomic E-state index is 12.2. The summed E-state index contributed by atoms with van der Waals surface area (Å²) >= 11 is 6.00. The average Bonchev–Trinajstić information content (AvgIpc) is 2.52. The Kier molecular flexibility index (Phi) is 4.67. The van der Waals surface area contributed by atoms with Gasteiger partial charge in [0.1, 0.15) is 16.9 Å². The third-order valence-corrected chi connectivity index (χ3v) is 3.98. The van der Waals surface area contributed by atoms with Crippen LogP contribution >= 0.6 is 11.6 Å². The van der Waals surface area contributed by atoms with Crippen LogP contribution in [-0.2, 0) is 11.2 Å². The van der Waals surface area contributed by atoms with Crippen LogP contribution in [0.2, 0.25) is 5.02 Å². The van der Waals surface area contributed by atoms with Crippen molar-refractivity contribution in [1.29, 1.82) is 0 Å². The van der Waals surface area contributed by atoms with Gasteiger partial charge >= 0.3 is 0 Å². The molecule has 6 heteroatoms. The van der Waals surface area contributed by atoms with Gasteiger partial charge in [-0.1, -0.05) is 23.7 Å². The highest BCUT2D eigenvalue weighted by Crippen LogP contribution is 2.24. The van der Waals surface area contributed by atoms with Gasteiger partial charge in [-0.25, -0.2) is 4.98 Å². The molecule has 2 aromatic rings. The minimum Gasteiger partial charge on any atom is -0.497 e. The zero-order chi connectivity index (χ0) is 16.2. The fourth-order valence-corrected chi connectivity index (χ4v) is 2.57. The number of amides is 1. The number of aromatic nitrogens is 1. The van der Waals surface area contributed by atoms with Gasteiger partial charge in [0, 0.05) is 6.20 Å². The normalized spacial score (nSPS) is 14.3. The summed E-state index contributed by atoms with van der Waals surface area (Å²) in [6.45, 7) is 1.10. The molecular weight excluding hydrogens is 316 g/mol. The maximum Gasteiger partial charge on any atom is 0.232 e. The molecule has 2 heterocycles. The number of rotatable bonds is 5. The molecule has 0 N–H and O–H groups in total. The number of hydrogen-bond donors (Lipinski definition) is 0. The first kappa shape index (κ1) is 15.6. The van der Waals surface area contributed by atoms with Crippen molar-refractivity contribution >= 4 is 17.5 Å². The second kappa shape index (κ2) is 6.87. The predicted octanol–water partition coefficient (Wildman–Crippen LogP) is 2.58. The lowest BCUT2D eigenvalue weighted by atomic mass is 10.1. The Hall–Kier alpha value is -2.27. The van der Waals surface area contributed by atoms with Gasteiger partial charge in [0.2, 0.25) is 11.8 Å². The van der Waals surface area contributed by atoms with Crippen molar-refractivity contribution in [1.82, 2.24) is 9.88 Å². The van der Waals surface area contributed by atoms with E-state index in [1.165, 1.54) is 0 Å². The van der Waals surface area contributed by atoms with Gasteiger partial charge < -0.3 is 14.4 Å². The Morgan fingerprint density at radius 1 is 1.35 bits per heavy atom. The van der Waals surface area contributed by atoms with Crippen molar-refractivity contribution in [3.63, 3.8) is 0 Å². The van der Waals surface area contributed by atoms with Crippen LogP contribution in [0.15, 0.2) is 42.6 Å². The second-order valence-electron chi connectivity index (χ2n) is 5.36. The number of nitrogens with zero attached hydrogens (tertiary/aromatic N) is 2. The molecular formula is C17H17ClN2O3. The van der Waals surface area contributed by atoms with Gasteiger partial charge in [0.15, 0.2) is 0 Å². The highest BCUT2D eigenvalue weighted by Gasteiger charge is 2.32. The van der Waals surface area contributed by atoms with Crippen LogP contribution < -0.4 is 9.47 Å². The Morgan fingerprint density at radius 2 is 2.17 bits per heavy atom. The van der Waals surface area contributed by atoms with E-state index in [9.17, 15) is 4.79 Å². The van der Waals surface area contributed by atoms with E-state index in [4.69, 9.17) is 21.1 Å². The number of benzene rings is 1.